The normalized spacial score (nSPS) is 27.5. The van der Waals surface area contributed by atoms with Crippen LogP contribution in [0.3, 0.4) is 0 Å². The highest BCUT2D eigenvalue weighted by atomic mass is 31.3. The fourth-order valence-electron chi connectivity index (χ4n) is 2.62. The molecular weight excluding hydrogens is 515 g/mol. The van der Waals surface area contributed by atoms with Gasteiger partial charge in [0.1, 0.15) is 24.1 Å². The second kappa shape index (κ2) is 10.5. The van der Waals surface area contributed by atoms with Crippen LogP contribution in [0.1, 0.15) is 25.1 Å². The van der Waals surface area contributed by atoms with E-state index in [0.29, 0.717) is 12.0 Å². The molecule has 0 amide bonds. The van der Waals surface area contributed by atoms with E-state index in [9.17, 15) is 33.6 Å². The molecule has 2 heterocycles. The van der Waals surface area contributed by atoms with Crippen molar-refractivity contribution in [1.29, 1.82) is 0 Å². The summed E-state index contributed by atoms with van der Waals surface area (Å²) in [6.45, 7) is 0.816. The Morgan fingerprint density at radius 3 is 2.36 bits per heavy atom. The number of anilines is 1. The second-order valence-corrected chi connectivity index (χ2v) is 10.9. The Morgan fingerprint density at radius 1 is 1.15 bits per heavy atom. The maximum Gasteiger partial charge on any atom is 0.490 e. The van der Waals surface area contributed by atoms with Crippen molar-refractivity contribution in [1.82, 2.24) is 9.55 Å². The number of phosphoric ester groups is 1. The highest BCUT2D eigenvalue weighted by Crippen LogP contribution is 2.66. The van der Waals surface area contributed by atoms with E-state index in [4.69, 9.17) is 25.2 Å². The first-order chi connectivity index (χ1) is 15.1. The zero-order chi connectivity index (χ0) is 25.2. The molecule has 0 spiro atoms. The van der Waals surface area contributed by atoms with Gasteiger partial charge in [0.25, 0.3) is 0 Å². The zero-order valence-corrected chi connectivity index (χ0v) is 19.4. The van der Waals surface area contributed by atoms with Crippen molar-refractivity contribution in [2.45, 2.75) is 37.9 Å². The predicted molar refractivity (Wildman–Crippen MR) is 108 cm³/mol. The van der Waals surface area contributed by atoms with Gasteiger partial charge in [0.05, 0.1) is 6.61 Å². The fraction of sp³-hybridized carbons (Fsp3) is 0.538. The van der Waals surface area contributed by atoms with Crippen molar-refractivity contribution in [2.75, 3.05) is 12.3 Å². The minimum Gasteiger partial charge on any atom is -0.387 e. The Bertz CT molecular complexity index is 1090. The molecule has 2 rings (SSSR count). The summed E-state index contributed by atoms with van der Waals surface area (Å²) in [7, 11) is -16.8. The molecule has 188 valence electrons. The van der Waals surface area contributed by atoms with Crippen molar-refractivity contribution in [3.05, 3.63) is 28.3 Å². The van der Waals surface area contributed by atoms with E-state index in [-0.39, 0.29) is 5.82 Å². The quantitative estimate of drug-likeness (QED) is 0.180. The van der Waals surface area contributed by atoms with Crippen LogP contribution in [0.4, 0.5) is 5.82 Å². The lowest BCUT2D eigenvalue weighted by Crippen LogP contribution is -2.36. The van der Waals surface area contributed by atoms with E-state index in [0.717, 1.165) is 4.57 Å². The van der Waals surface area contributed by atoms with Crippen molar-refractivity contribution in [3.8, 4) is 0 Å². The van der Waals surface area contributed by atoms with Gasteiger partial charge in [-0.15, -0.1) is 0 Å². The third kappa shape index (κ3) is 7.87. The van der Waals surface area contributed by atoms with Gasteiger partial charge in [-0.05, 0) is 6.42 Å². The smallest absolute Gasteiger partial charge is 0.387 e. The topological polar surface area (TPSA) is 270 Å². The number of hydrogen-bond acceptors (Lipinski definition) is 12. The van der Waals surface area contributed by atoms with E-state index in [2.05, 4.69) is 18.1 Å². The van der Waals surface area contributed by atoms with Crippen LogP contribution in [0, 0.1) is 0 Å². The second-order valence-electron chi connectivity index (χ2n) is 6.51. The molecule has 33 heavy (non-hydrogen) atoms. The molecule has 1 fully saturated rings. The van der Waals surface area contributed by atoms with Crippen LogP contribution >= 0.6 is 23.5 Å². The fourth-order valence-corrected chi connectivity index (χ4v) is 5.65. The maximum atomic E-state index is 12.2. The third-order valence-electron chi connectivity index (χ3n) is 3.97. The maximum absolute atomic E-state index is 12.2. The van der Waals surface area contributed by atoms with Crippen LogP contribution in [-0.4, -0.2) is 64.3 Å². The number of allylic oxidation sites excluding steroid dienone is 1. The average molecular weight is 537 g/mol. The number of rotatable bonds is 10. The molecule has 6 atom stereocenters. The molecule has 0 radical (unpaired) electrons. The van der Waals surface area contributed by atoms with Gasteiger partial charge >= 0.3 is 29.2 Å². The predicted octanol–water partition coefficient (Wildman–Crippen LogP) is -0.789. The molecule has 1 aliphatic heterocycles. The summed E-state index contributed by atoms with van der Waals surface area (Å²) in [5, 5.41) is 20.4. The number of aliphatic hydroxyl groups excluding tert-OH is 2. The Balaban J connectivity index is 2.14. The first-order valence-corrected chi connectivity index (χ1v) is 13.4. The van der Waals surface area contributed by atoms with Crippen LogP contribution in [-0.2, 0) is 31.6 Å². The van der Waals surface area contributed by atoms with Crippen LogP contribution < -0.4 is 11.4 Å². The standard InChI is InChI=1S/C13H22N3O14P3/c1-2-3-4-7-5-16(13(19)15-11(7)14)12-10(18)9(17)8(28-12)6-27-32(23,24)30-33(25,26)29-31(20,21)22/h3-5,8-10,12,17-18H,2,6H2,1H3,(H,23,24)(H,25,26)(H2,14,15,19)(H2,20,21,22)/b4-3+/t8-,9?,10+,12-/m1/s1. The lowest BCUT2D eigenvalue weighted by molar-refractivity contribution is -0.0541. The number of nitrogen functional groups attached to an aromatic ring is 1. The van der Waals surface area contributed by atoms with Crippen LogP contribution in [0.2, 0.25) is 0 Å². The molecule has 20 heteroatoms. The Morgan fingerprint density at radius 2 is 1.79 bits per heavy atom. The summed E-state index contributed by atoms with van der Waals surface area (Å²) in [5.74, 6) is -0.0989. The molecule has 8 N–H and O–H groups in total. The molecular formula is C13H22N3O14P3. The number of nitrogens with zero attached hydrogens (tertiary/aromatic N) is 2. The van der Waals surface area contributed by atoms with Crippen LogP contribution in [0.5, 0.6) is 0 Å². The van der Waals surface area contributed by atoms with E-state index in [1.54, 1.807) is 12.2 Å². The van der Waals surface area contributed by atoms with Gasteiger partial charge < -0.3 is 40.3 Å². The first-order valence-electron chi connectivity index (χ1n) is 8.90. The van der Waals surface area contributed by atoms with Gasteiger partial charge in [-0.1, -0.05) is 19.1 Å². The summed E-state index contributed by atoms with van der Waals surface area (Å²) in [4.78, 5) is 51.4. The van der Waals surface area contributed by atoms with Gasteiger partial charge in [-0.3, -0.25) is 9.09 Å². The van der Waals surface area contributed by atoms with E-state index >= 15 is 0 Å². The molecule has 1 aromatic heterocycles. The molecule has 1 saturated heterocycles. The molecule has 17 nitrogen and oxygen atoms in total. The molecule has 1 aliphatic rings. The largest absolute Gasteiger partial charge is 0.490 e. The van der Waals surface area contributed by atoms with Crippen molar-refractivity contribution >= 4 is 35.4 Å². The lowest BCUT2D eigenvalue weighted by Gasteiger charge is -2.19. The number of hydrogen-bond donors (Lipinski definition) is 7. The molecule has 0 saturated carbocycles. The summed E-state index contributed by atoms with van der Waals surface area (Å²) in [6, 6.07) is 0. The molecule has 0 aliphatic carbocycles. The Hall–Kier alpha value is -1.29. The average Bonchev–Trinajstić information content (AvgIpc) is 2.91. The number of nitrogens with two attached hydrogens (primary N) is 1. The minimum atomic E-state index is -5.74. The summed E-state index contributed by atoms with van der Waals surface area (Å²) >= 11 is 0. The monoisotopic (exact) mass is 537 g/mol. The van der Waals surface area contributed by atoms with E-state index in [1.165, 1.54) is 6.20 Å². The molecule has 3 unspecified atom stereocenters. The molecule has 0 bridgehead atoms. The van der Waals surface area contributed by atoms with Gasteiger partial charge in [0.15, 0.2) is 6.23 Å². The Labute approximate surface area is 185 Å². The SMILES string of the molecule is CC/C=C/c1cn([C@@H]2O[C@H](COP(=O)(O)OP(=O)(O)OP(=O)(O)O)C(O)[C@@H]2O)c(=O)nc1N. The Kier molecular flexibility index (Phi) is 8.93. The van der Waals surface area contributed by atoms with Gasteiger partial charge in [0.2, 0.25) is 0 Å². The lowest BCUT2D eigenvalue weighted by atomic mass is 10.1. The van der Waals surface area contributed by atoms with Crippen LogP contribution in [0.15, 0.2) is 17.1 Å². The zero-order valence-electron chi connectivity index (χ0n) is 16.7. The molecule has 0 aromatic carbocycles. The number of phosphoric acid groups is 3. The van der Waals surface area contributed by atoms with Crippen molar-refractivity contribution in [3.63, 3.8) is 0 Å². The van der Waals surface area contributed by atoms with Gasteiger partial charge in [-0.25, -0.2) is 18.5 Å². The van der Waals surface area contributed by atoms with Crippen molar-refractivity contribution < 1.29 is 61.4 Å². The molecule has 1 aromatic rings. The van der Waals surface area contributed by atoms with Gasteiger partial charge in [0, 0.05) is 11.8 Å². The summed E-state index contributed by atoms with van der Waals surface area (Å²) in [5.41, 5.74) is 5.04. The van der Waals surface area contributed by atoms with Gasteiger partial charge in [-0.2, -0.15) is 13.6 Å². The van der Waals surface area contributed by atoms with Crippen molar-refractivity contribution in [2.24, 2.45) is 0 Å². The highest BCUT2D eigenvalue weighted by molar-refractivity contribution is 7.66. The van der Waals surface area contributed by atoms with E-state index < -0.39 is 60.3 Å². The number of aliphatic hydroxyl groups is 2. The van der Waals surface area contributed by atoms with E-state index in [1.807, 2.05) is 6.92 Å². The number of aromatic nitrogens is 2. The van der Waals surface area contributed by atoms with Crippen LogP contribution in [0.25, 0.3) is 6.08 Å². The minimum absolute atomic E-state index is 0.0989. The number of ether oxygens (including phenoxy) is 1. The summed E-state index contributed by atoms with van der Waals surface area (Å²) in [6.07, 6.45) is -1.48. The third-order valence-corrected chi connectivity index (χ3v) is 7.78. The highest BCUT2D eigenvalue weighted by Gasteiger charge is 2.46. The summed E-state index contributed by atoms with van der Waals surface area (Å²) < 4.78 is 51.4. The first kappa shape index (κ1) is 28.0.